The Hall–Kier alpha value is -8.02. The number of rotatable bonds is 7. The Morgan fingerprint density at radius 1 is 0.288 bits per heavy atom. The second kappa shape index (κ2) is 14.5. The number of nitrogens with zero attached hydrogens (tertiary/aromatic N) is 5. The largest absolute Gasteiger partial charge is 0.277 e. The van der Waals surface area contributed by atoms with Crippen molar-refractivity contribution in [3.05, 3.63) is 212 Å². The maximum atomic E-state index is 5.28. The molecule has 5 heteroatoms. The molecular formula is C54H35N5. The van der Waals surface area contributed by atoms with Crippen molar-refractivity contribution in [3.63, 3.8) is 0 Å². The van der Waals surface area contributed by atoms with Crippen molar-refractivity contribution in [2.45, 2.75) is 0 Å². The first-order valence-electron chi connectivity index (χ1n) is 19.8. The Bertz CT molecular complexity index is 3290. The Morgan fingerprint density at radius 2 is 0.763 bits per heavy atom. The van der Waals surface area contributed by atoms with E-state index in [1.807, 2.05) is 36.4 Å². The maximum absolute atomic E-state index is 5.28. The third-order valence-corrected chi connectivity index (χ3v) is 11.0. The average Bonchev–Trinajstić information content (AvgIpc) is 3.66. The van der Waals surface area contributed by atoms with Crippen LogP contribution in [0.4, 0.5) is 0 Å². The van der Waals surface area contributed by atoms with Gasteiger partial charge in [-0.15, -0.1) is 0 Å². The number of hydrogen-bond donors (Lipinski definition) is 0. The predicted octanol–water partition coefficient (Wildman–Crippen LogP) is 13.5. The summed E-state index contributed by atoms with van der Waals surface area (Å²) < 4.78 is 2.23. The second-order valence-electron chi connectivity index (χ2n) is 14.7. The summed E-state index contributed by atoms with van der Waals surface area (Å²) in [6.07, 6.45) is 0. The fourth-order valence-corrected chi connectivity index (χ4v) is 8.07. The minimum Gasteiger partial charge on any atom is -0.277 e. The quantitative estimate of drug-likeness (QED) is 0.163. The van der Waals surface area contributed by atoms with Crippen molar-refractivity contribution in [2.75, 3.05) is 0 Å². The van der Waals surface area contributed by atoms with Crippen molar-refractivity contribution >= 4 is 27.2 Å². The van der Waals surface area contributed by atoms with Crippen molar-refractivity contribution in [1.82, 2.24) is 24.3 Å². The van der Waals surface area contributed by atoms with E-state index in [4.69, 9.17) is 19.9 Å². The van der Waals surface area contributed by atoms with Gasteiger partial charge in [-0.1, -0.05) is 200 Å². The molecule has 0 bridgehead atoms. The van der Waals surface area contributed by atoms with Gasteiger partial charge in [-0.3, -0.25) is 4.40 Å². The SMILES string of the molecule is c1ccc(-c2cc(-c3ccc(-c4ccc(-c5nc(-c6ccccc6)nc6c7ccccc7c(-c7ccccc7)n56)cc4)cc3)nc(-c3ccc4ccccc4c3)n2)cc1. The first-order chi connectivity index (χ1) is 29.2. The number of fused-ring (bicyclic) bond motifs is 4. The van der Waals surface area contributed by atoms with Crippen LogP contribution in [0.3, 0.4) is 0 Å². The maximum Gasteiger partial charge on any atom is 0.163 e. The summed E-state index contributed by atoms with van der Waals surface area (Å²) in [5.41, 5.74) is 12.1. The van der Waals surface area contributed by atoms with Gasteiger partial charge in [0.1, 0.15) is 11.5 Å². The highest BCUT2D eigenvalue weighted by atomic mass is 15.1. The van der Waals surface area contributed by atoms with E-state index in [0.29, 0.717) is 11.6 Å². The first-order valence-corrected chi connectivity index (χ1v) is 19.8. The fraction of sp³-hybridized carbons (Fsp3) is 0. The molecule has 0 aliphatic heterocycles. The van der Waals surface area contributed by atoms with Gasteiger partial charge in [0.25, 0.3) is 0 Å². The van der Waals surface area contributed by atoms with Crippen LogP contribution in [0.25, 0.3) is 106 Å². The highest BCUT2D eigenvalue weighted by Crippen LogP contribution is 2.38. The highest BCUT2D eigenvalue weighted by molar-refractivity contribution is 6.06. The standard InChI is InChI=1S/C54H35N5/c1-4-15-39(16-5-1)48-35-49(56-52(55-48)45-33-28-36-14-10-11-21-44(36)34-45)40-29-24-37(25-30-40)38-26-31-43(32-27-38)53-57-51(42-19-8-3-9-20-42)58-54-47-23-13-12-22-46(47)50(59(53)54)41-17-6-2-7-18-41/h1-35H. The Labute approximate surface area is 341 Å². The fourth-order valence-electron chi connectivity index (χ4n) is 8.07. The van der Waals surface area contributed by atoms with Gasteiger partial charge >= 0.3 is 0 Å². The lowest BCUT2D eigenvalue weighted by Crippen LogP contribution is -2.03. The van der Waals surface area contributed by atoms with E-state index in [9.17, 15) is 0 Å². The van der Waals surface area contributed by atoms with Gasteiger partial charge in [0.2, 0.25) is 0 Å². The van der Waals surface area contributed by atoms with E-state index >= 15 is 0 Å². The summed E-state index contributed by atoms with van der Waals surface area (Å²) in [6, 6.07) is 73.8. The summed E-state index contributed by atoms with van der Waals surface area (Å²) in [5.74, 6) is 2.23. The lowest BCUT2D eigenvalue weighted by atomic mass is 10.0. The Kier molecular flexibility index (Phi) is 8.41. The molecule has 3 heterocycles. The van der Waals surface area contributed by atoms with Gasteiger partial charge < -0.3 is 0 Å². The van der Waals surface area contributed by atoms with Crippen LogP contribution in [-0.2, 0) is 0 Å². The van der Waals surface area contributed by atoms with Crippen LogP contribution >= 0.6 is 0 Å². The zero-order chi connectivity index (χ0) is 39.1. The molecule has 0 saturated carbocycles. The number of benzene rings is 8. The summed E-state index contributed by atoms with van der Waals surface area (Å²) in [6.45, 7) is 0. The molecule has 0 fully saturated rings. The highest BCUT2D eigenvalue weighted by Gasteiger charge is 2.21. The zero-order valence-corrected chi connectivity index (χ0v) is 31.9. The number of aromatic nitrogens is 5. The van der Waals surface area contributed by atoms with Crippen LogP contribution in [0.5, 0.6) is 0 Å². The van der Waals surface area contributed by atoms with Gasteiger partial charge in [-0.05, 0) is 39.6 Å². The number of hydrogen-bond acceptors (Lipinski definition) is 4. The van der Waals surface area contributed by atoms with Crippen molar-refractivity contribution in [3.8, 4) is 79.1 Å². The van der Waals surface area contributed by atoms with E-state index < -0.39 is 0 Å². The lowest BCUT2D eigenvalue weighted by molar-refractivity contribution is 1.05. The molecule has 59 heavy (non-hydrogen) atoms. The van der Waals surface area contributed by atoms with E-state index in [1.165, 1.54) is 5.39 Å². The van der Waals surface area contributed by atoms with Crippen LogP contribution in [0, 0.1) is 0 Å². The minimum atomic E-state index is 0.694. The molecular weight excluding hydrogens is 719 g/mol. The van der Waals surface area contributed by atoms with Gasteiger partial charge in [-0.2, -0.15) is 0 Å². The van der Waals surface area contributed by atoms with E-state index in [0.717, 1.165) is 89.2 Å². The molecule has 0 amide bonds. The topological polar surface area (TPSA) is 56.0 Å². The van der Waals surface area contributed by atoms with Gasteiger partial charge in [-0.25, -0.2) is 19.9 Å². The molecule has 3 aromatic heterocycles. The molecule has 0 aliphatic carbocycles. The van der Waals surface area contributed by atoms with Crippen LogP contribution in [0.2, 0.25) is 0 Å². The van der Waals surface area contributed by atoms with Crippen LogP contribution in [-0.4, -0.2) is 24.3 Å². The van der Waals surface area contributed by atoms with Crippen molar-refractivity contribution < 1.29 is 0 Å². The Balaban J connectivity index is 0.989. The summed E-state index contributed by atoms with van der Waals surface area (Å²) in [7, 11) is 0. The van der Waals surface area contributed by atoms with E-state index in [-0.39, 0.29) is 0 Å². The summed E-state index contributed by atoms with van der Waals surface area (Å²) in [5, 5.41) is 4.58. The van der Waals surface area contributed by atoms with Gasteiger partial charge in [0, 0.05) is 38.6 Å². The third kappa shape index (κ3) is 6.32. The van der Waals surface area contributed by atoms with Crippen molar-refractivity contribution in [1.29, 1.82) is 0 Å². The molecule has 276 valence electrons. The minimum absolute atomic E-state index is 0.694. The molecule has 0 spiro atoms. The molecule has 0 unspecified atom stereocenters. The Morgan fingerprint density at radius 3 is 1.42 bits per heavy atom. The van der Waals surface area contributed by atoms with Gasteiger partial charge in [0.15, 0.2) is 11.6 Å². The zero-order valence-electron chi connectivity index (χ0n) is 31.9. The molecule has 11 aromatic rings. The second-order valence-corrected chi connectivity index (χ2v) is 14.7. The van der Waals surface area contributed by atoms with Crippen LogP contribution in [0.15, 0.2) is 212 Å². The van der Waals surface area contributed by atoms with E-state index in [2.05, 4.69) is 180 Å². The van der Waals surface area contributed by atoms with E-state index in [1.54, 1.807) is 0 Å². The normalized spacial score (nSPS) is 11.4. The van der Waals surface area contributed by atoms with Gasteiger partial charge in [0.05, 0.1) is 17.1 Å². The molecule has 5 nitrogen and oxygen atoms in total. The molecule has 0 N–H and O–H groups in total. The summed E-state index contributed by atoms with van der Waals surface area (Å²) in [4.78, 5) is 20.7. The molecule has 0 atom stereocenters. The lowest BCUT2D eigenvalue weighted by Gasteiger charge is -2.13. The first kappa shape index (κ1) is 34.2. The average molecular weight is 754 g/mol. The van der Waals surface area contributed by atoms with Crippen LogP contribution in [0.1, 0.15) is 0 Å². The monoisotopic (exact) mass is 753 g/mol. The smallest absolute Gasteiger partial charge is 0.163 e. The predicted molar refractivity (Wildman–Crippen MR) is 242 cm³/mol. The molecule has 0 radical (unpaired) electrons. The molecule has 11 rings (SSSR count). The molecule has 0 saturated heterocycles. The molecule has 8 aromatic carbocycles. The van der Waals surface area contributed by atoms with Crippen LogP contribution < -0.4 is 0 Å². The van der Waals surface area contributed by atoms with Crippen molar-refractivity contribution in [2.24, 2.45) is 0 Å². The molecule has 0 aliphatic rings. The summed E-state index contributed by atoms with van der Waals surface area (Å²) >= 11 is 0. The third-order valence-electron chi connectivity index (χ3n) is 11.0.